The molecule has 0 aromatic carbocycles. The van der Waals surface area contributed by atoms with Crippen molar-refractivity contribution in [2.45, 2.75) is 31.9 Å². The lowest BCUT2D eigenvalue weighted by molar-refractivity contribution is 0.106. The van der Waals surface area contributed by atoms with E-state index in [-0.39, 0.29) is 0 Å². The van der Waals surface area contributed by atoms with Gasteiger partial charge in [0.15, 0.2) is 0 Å². The largest absolute Gasteiger partial charge is 0.382 e. The van der Waals surface area contributed by atoms with E-state index in [0.29, 0.717) is 12.1 Å². The van der Waals surface area contributed by atoms with E-state index >= 15 is 0 Å². The topological polar surface area (TPSA) is 39.1 Å². The monoisotopic (exact) mass is 289 g/mol. The van der Waals surface area contributed by atoms with Crippen LogP contribution in [0.25, 0.3) is 0 Å². The number of hydrogen-bond donors (Lipinski definition) is 1. The van der Waals surface area contributed by atoms with Crippen LogP contribution in [0, 0.1) is 0 Å². The molecule has 1 aromatic rings. The molecule has 5 heteroatoms. The number of halogens is 1. The van der Waals surface area contributed by atoms with Crippen LogP contribution >= 0.6 is 15.9 Å². The van der Waals surface area contributed by atoms with E-state index in [1.165, 1.54) is 5.69 Å². The average molecular weight is 290 g/mol. The summed E-state index contributed by atoms with van der Waals surface area (Å²) in [4.78, 5) is 0. The fraction of sp³-hybridized carbons (Fsp3) is 0.727. The van der Waals surface area contributed by atoms with E-state index < -0.39 is 0 Å². The van der Waals surface area contributed by atoms with Gasteiger partial charge in [-0.25, -0.2) is 0 Å². The van der Waals surface area contributed by atoms with Gasteiger partial charge in [0.05, 0.1) is 28.5 Å². The van der Waals surface area contributed by atoms with Gasteiger partial charge in [0.2, 0.25) is 0 Å². The van der Waals surface area contributed by atoms with Gasteiger partial charge in [-0.15, -0.1) is 0 Å². The summed E-state index contributed by atoms with van der Waals surface area (Å²) in [5.74, 6) is 0. The molecule has 0 fully saturated rings. The summed E-state index contributed by atoms with van der Waals surface area (Å²) < 4.78 is 8.22. The number of aromatic nitrogens is 2. The van der Waals surface area contributed by atoms with Crippen molar-refractivity contribution < 1.29 is 4.74 Å². The molecule has 0 aliphatic carbocycles. The van der Waals surface area contributed by atoms with Crippen LogP contribution in [0.3, 0.4) is 0 Å². The first-order chi connectivity index (χ1) is 7.60. The van der Waals surface area contributed by atoms with Crippen molar-refractivity contribution >= 4 is 15.9 Å². The summed E-state index contributed by atoms with van der Waals surface area (Å²) in [5, 5.41) is 7.55. The third kappa shape index (κ3) is 3.30. The zero-order valence-corrected chi connectivity index (χ0v) is 11.9. The molecule has 92 valence electrons. The van der Waals surface area contributed by atoms with Crippen molar-refractivity contribution in [3.63, 3.8) is 0 Å². The molecular weight excluding hydrogens is 270 g/mol. The molecule has 0 saturated carbocycles. The first-order valence-electron chi connectivity index (χ1n) is 5.47. The summed E-state index contributed by atoms with van der Waals surface area (Å²) in [6, 6.07) is 0.305. The molecule has 0 radical (unpaired) electrons. The van der Waals surface area contributed by atoms with E-state index in [1.54, 1.807) is 7.11 Å². The van der Waals surface area contributed by atoms with Gasteiger partial charge in [-0.3, -0.25) is 4.68 Å². The fourth-order valence-electron chi connectivity index (χ4n) is 1.75. The van der Waals surface area contributed by atoms with Crippen LogP contribution in [0.15, 0.2) is 10.7 Å². The van der Waals surface area contributed by atoms with Crippen LogP contribution in [0.4, 0.5) is 0 Å². The van der Waals surface area contributed by atoms with Crippen LogP contribution in [-0.4, -0.2) is 30.0 Å². The van der Waals surface area contributed by atoms with Crippen LogP contribution in [-0.2, 0) is 11.8 Å². The molecule has 0 amide bonds. The third-order valence-electron chi connectivity index (χ3n) is 2.88. The molecule has 0 aliphatic rings. The quantitative estimate of drug-likeness (QED) is 0.873. The Morgan fingerprint density at radius 1 is 1.56 bits per heavy atom. The number of aryl methyl sites for hydroxylation is 1. The van der Waals surface area contributed by atoms with Crippen molar-refractivity contribution in [2.75, 3.05) is 14.2 Å². The number of nitrogens with one attached hydrogen (secondary N) is 1. The lowest BCUT2D eigenvalue weighted by Gasteiger charge is -2.19. The second kappa shape index (κ2) is 6.37. The van der Waals surface area contributed by atoms with Crippen molar-refractivity contribution in [1.82, 2.24) is 15.1 Å². The molecule has 0 bridgehead atoms. The van der Waals surface area contributed by atoms with E-state index in [9.17, 15) is 0 Å². The maximum absolute atomic E-state index is 5.26. The zero-order chi connectivity index (χ0) is 12.1. The van der Waals surface area contributed by atoms with E-state index in [0.717, 1.165) is 17.3 Å². The Balaban J connectivity index is 2.67. The highest BCUT2D eigenvalue weighted by atomic mass is 79.9. The second-order valence-corrected chi connectivity index (χ2v) is 4.82. The Kier molecular flexibility index (Phi) is 5.44. The molecule has 1 heterocycles. The SMILES string of the molecule is CNC(CCC(C)OC)c1c(Br)cnn1C. The van der Waals surface area contributed by atoms with Crippen molar-refractivity contribution in [2.24, 2.45) is 7.05 Å². The minimum Gasteiger partial charge on any atom is -0.382 e. The Morgan fingerprint density at radius 2 is 2.25 bits per heavy atom. The van der Waals surface area contributed by atoms with Crippen molar-refractivity contribution in [1.29, 1.82) is 0 Å². The molecule has 2 unspecified atom stereocenters. The molecule has 16 heavy (non-hydrogen) atoms. The van der Waals surface area contributed by atoms with Gasteiger partial charge in [-0.05, 0) is 42.7 Å². The first kappa shape index (κ1) is 13.7. The molecule has 2 atom stereocenters. The fourth-order valence-corrected chi connectivity index (χ4v) is 2.37. The highest BCUT2D eigenvalue weighted by molar-refractivity contribution is 9.10. The molecule has 1 rings (SSSR count). The number of rotatable bonds is 6. The maximum Gasteiger partial charge on any atom is 0.0692 e. The zero-order valence-electron chi connectivity index (χ0n) is 10.3. The molecular formula is C11H20BrN3O. The van der Waals surface area contributed by atoms with Gasteiger partial charge < -0.3 is 10.1 Å². The van der Waals surface area contributed by atoms with Gasteiger partial charge in [-0.1, -0.05) is 0 Å². The molecule has 4 nitrogen and oxygen atoms in total. The maximum atomic E-state index is 5.26. The number of hydrogen-bond acceptors (Lipinski definition) is 3. The van der Waals surface area contributed by atoms with Gasteiger partial charge in [0.25, 0.3) is 0 Å². The average Bonchev–Trinajstić information content (AvgIpc) is 2.61. The van der Waals surface area contributed by atoms with E-state index in [2.05, 4.69) is 33.3 Å². The molecule has 0 saturated heterocycles. The summed E-state index contributed by atoms with van der Waals surface area (Å²) >= 11 is 3.53. The van der Waals surface area contributed by atoms with Crippen molar-refractivity contribution in [3.05, 3.63) is 16.4 Å². The Hall–Kier alpha value is -0.390. The van der Waals surface area contributed by atoms with Gasteiger partial charge in [-0.2, -0.15) is 5.10 Å². The molecule has 0 aliphatic heterocycles. The smallest absolute Gasteiger partial charge is 0.0692 e. The number of methoxy groups -OCH3 is 1. The predicted octanol–water partition coefficient (Wildman–Crippen LogP) is 2.26. The normalized spacial score (nSPS) is 15.1. The van der Waals surface area contributed by atoms with Crippen LogP contribution < -0.4 is 5.32 Å². The minimum absolute atomic E-state index is 0.294. The Labute approximate surface area is 105 Å². The number of nitrogens with zero attached hydrogens (tertiary/aromatic N) is 2. The highest BCUT2D eigenvalue weighted by Crippen LogP contribution is 2.26. The summed E-state index contributed by atoms with van der Waals surface area (Å²) in [5.41, 5.74) is 1.19. The van der Waals surface area contributed by atoms with E-state index in [1.807, 2.05) is 25.0 Å². The van der Waals surface area contributed by atoms with Crippen molar-refractivity contribution in [3.8, 4) is 0 Å². The van der Waals surface area contributed by atoms with E-state index in [4.69, 9.17) is 4.74 Å². The lowest BCUT2D eigenvalue weighted by atomic mass is 10.1. The van der Waals surface area contributed by atoms with Gasteiger partial charge >= 0.3 is 0 Å². The predicted molar refractivity (Wildman–Crippen MR) is 68.4 cm³/mol. The molecule has 1 aromatic heterocycles. The first-order valence-corrected chi connectivity index (χ1v) is 6.26. The highest BCUT2D eigenvalue weighted by Gasteiger charge is 2.17. The summed E-state index contributed by atoms with van der Waals surface area (Å²) in [6.07, 6.45) is 4.19. The third-order valence-corrected chi connectivity index (χ3v) is 3.49. The Morgan fingerprint density at radius 3 is 2.69 bits per heavy atom. The van der Waals surface area contributed by atoms with Crippen LogP contribution in [0.1, 0.15) is 31.5 Å². The van der Waals surface area contributed by atoms with Crippen LogP contribution in [0.5, 0.6) is 0 Å². The summed E-state index contributed by atoms with van der Waals surface area (Å²) in [6.45, 7) is 2.09. The lowest BCUT2D eigenvalue weighted by Crippen LogP contribution is -2.21. The van der Waals surface area contributed by atoms with Gasteiger partial charge in [0.1, 0.15) is 0 Å². The Bertz CT molecular complexity index is 308. The standard InChI is InChI=1S/C11H20BrN3O/c1-8(16-4)5-6-10(13-2)11-9(12)7-14-15(11)3/h7-8,10,13H,5-6H2,1-4H3. The molecule has 1 N–H and O–H groups in total. The van der Waals surface area contributed by atoms with Gasteiger partial charge in [0, 0.05) is 14.2 Å². The second-order valence-electron chi connectivity index (χ2n) is 3.97. The minimum atomic E-state index is 0.294. The summed E-state index contributed by atoms with van der Waals surface area (Å²) in [7, 11) is 5.69. The van der Waals surface area contributed by atoms with Crippen LogP contribution in [0.2, 0.25) is 0 Å². The molecule has 0 spiro atoms. The number of ether oxygens (including phenoxy) is 1.